The second-order valence-corrected chi connectivity index (χ2v) is 19.1. The van der Waals surface area contributed by atoms with Gasteiger partial charge in [-0.05, 0) is 66.1 Å². The van der Waals surface area contributed by atoms with E-state index >= 15 is 0 Å². The Balaban J connectivity index is -0.0000000634. The predicted octanol–water partition coefficient (Wildman–Crippen LogP) is 21.3. The number of aliphatic carboxylic acids is 2. The van der Waals surface area contributed by atoms with Gasteiger partial charge in [0.05, 0.1) is 6.10 Å². The molecular weight excluding hydrogens is 789 g/mol. The molecule has 0 fully saturated rings. The predicted molar refractivity (Wildman–Crippen MR) is 298 cm³/mol. The van der Waals surface area contributed by atoms with Crippen molar-refractivity contribution >= 4 is 11.9 Å². The van der Waals surface area contributed by atoms with Gasteiger partial charge < -0.3 is 15.3 Å². The maximum atomic E-state index is 9.97. The van der Waals surface area contributed by atoms with Gasteiger partial charge in [0.25, 0.3) is 0 Å². The molecule has 5 nitrogen and oxygen atoms in total. The van der Waals surface area contributed by atoms with Gasteiger partial charge in [-0.15, -0.1) is 0 Å². The highest BCUT2D eigenvalue weighted by atomic mass is 16.4. The van der Waals surface area contributed by atoms with E-state index in [1.54, 1.807) is 0 Å². The summed E-state index contributed by atoms with van der Waals surface area (Å²) in [6, 6.07) is 0. The first kappa shape index (κ1) is 86.1. The summed E-state index contributed by atoms with van der Waals surface area (Å²) in [6.45, 7) is 59.0. The second kappa shape index (κ2) is 76.2. The molecule has 0 saturated carbocycles. The Bertz CT molecular complexity index is 582. The zero-order valence-corrected chi connectivity index (χ0v) is 50.1. The number of carboxylic acids is 2. The molecular formula is C59H134O5. The van der Waals surface area contributed by atoms with E-state index in [-0.39, 0.29) is 6.10 Å². The Morgan fingerprint density at radius 3 is 0.375 bits per heavy atom. The topological polar surface area (TPSA) is 94.8 Å². The largest absolute Gasteiger partial charge is 0.481 e. The van der Waals surface area contributed by atoms with Crippen LogP contribution in [-0.2, 0) is 9.59 Å². The Hall–Kier alpha value is -1.10. The maximum absolute atomic E-state index is 9.97. The van der Waals surface area contributed by atoms with E-state index in [0.29, 0.717) is 24.7 Å². The summed E-state index contributed by atoms with van der Waals surface area (Å²) in [7, 11) is 0. The molecule has 0 aromatic heterocycles. The number of aliphatic hydroxyl groups excluding tert-OH is 1. The number of aliphatic hydroxyl groups is 1. The summed E-state index contributed by atoms with van der Waals surface area (Å²) in [5.41, 5.74) is 0. The molecule has 2 atom stereocenters. The van der Waals surface area contributed by atoms with Crippen molar-refractivity contribution in [3.8, 4) is 0 Å². The van der Waals surface area contributed by atoms with Gasteiger partial charge in [0.2, 0.25) is 0 Å². The summed E-state index contributed by atoms with van der Waals surface area (Å²) in [5, 5.41) is 25.1. The molecule has 0 radical (unpaired) electrons. The van der Waals surface area contributed by atoms with Gasteiger partial charge >= 0.3 is 11.9 Å². The molecule has 0 aliphatic heterocycles. The third-order valence-electron chi connectivity index (χ3n) is 13.1. The quantitative estimate of drug-likeness (QED) is 0.101. The standard InChI is InChI=1S/2C6H12O2.7C6H14.C5H12O/c2*1-3-5(2)4-6(7)8;7*1-4-6(3)5-2;1-3-5(6)4-2/h2*5H,3-4H2,1-2H3,(H,7,8);7*6H,4-5H2,1-3H3;5-6H,3-4H2,1-2H3. The highest BCUT2D eigenvalue weighted by Gasteiger charge is 2.03. The monoisotopic (exact) mass is 923 g/mol. The maximum Gasteiger partial charge on any atom is 0.303 e. The highest BCUT2D eigenvalue weighted by molar-refractivity contribution is 5.67. The second-order valence-electron chi connectivity index (χ2n) is 19.1. The summed E-state index contributed by atoms with van der Waals surface area (Å²) in [5.74, 6) is 5.81. The van der Waals surface area contributed by atoms with Crippen LogP contribution in [0.3, 0.4) is 0 Å². The van der Waals surface area contributed by atoms with E-state index in [4.69, 9.17) is 15.3 Å². The van der Waals surface area contributed by atoms with Crippen LogP contribution in [-0.4, -0.2) is 33.4 Å². The van der Waals surface area contributed by atoms with Gasteiger partial charge in [0.15, 0.2) is 0 Å². The van der Waals surface area contributed by atoms with E-state index in [1.165, 1.54) is 89.9 Å². The van der Waals surface area contributed by atoms with Gasteiger partial charge in [0.1, 0.15) is 0 Å². The van der Waals surface area contributed by atoms with Gasteiger partial charge in [-0.25, -0.2) is 0 Å². The first-order chi connectivity index (χ1) is 29.8. The minimum Gasteiger partial charge on any atom is -0.481 e. The average molecular weight is 924 g/mol. The zero-order valence-electron chi connectivity index (χ0n) is 50.1. The highest BCUT2D eigenvalue weighted by Crippen LogP contribution is 2.08. The molecule has 0 heterocycles. The molecule has 0 spiro atoms. The van der Waals surface area contributed by atoms with Crippen molar-refractivity contribution in [1.29, 1.82) is 0 Å². The van der Waals surface area contributed by atoms with Crippen LogP contribution in [0.1, 0.15) is 315 Å². The van der Waals surface area contributed by atoms with Gasteiger partial charge in [-0.2, -0.15) is 0 Å². The van der Waals surface area contributed by atoms with Crippen LogP contribution in [0.15, 0.2) is 0 Å². The summed E-state index contributed by atoms with van der Waals surface area (Å²) in [6.07, 6.45) is 22.8. The number of hydrogen-bond donors (Lipinski definition) is 3. The van der Waals surface area contributed by atoms with Crippen LogP contribution in [0.4, 0.5) is 0 Å². The van der Waals surface area contributed by atoms with Crippen LogP contribution in [0.25, 0.3) is 0 Å². The van der Waals surface area contributed by atoms with E-state index in [1.807, 2.05) is 41.5 Å². The van der Waals surface area contributed by atoms with Crippen LogP contribution in [0, 0.1) is 53.3 Å². The lowest BCUT2D eigenvalue weighted by atomic mass is 10.1. The number of carboxylic acid groups (broad SMARTS) is 2. The molecule has 0 aliphatic carbocycles. The van der Waals surface area contributed by atoms with Crippen molar-refractivity contribution in [2.24, 2.45) is 53.3 Å². The van der Waals surface area contributed by atoms with Crippen LogP contribution in [0.2, 0.25) is 0 Å². The number of rotatable bonds is 22. The van der Waals surface area contributed by atoms with Crippen molar-refractivity contribution in [3.05, 3.63) is 0 Å². The van der Waals surface area contributed by atoms with Gasteiger partial charge in [-0.1, -0.05) is 290 Å². The Morgan fingerprint density at radius 2 is 0.359 bits per heavy atom. The number of carbonyl (C=O) groups is 2. The van der Waals surface area contributed by atoms with Crippen molar-refractivity contribution in [2.75, 3.05) is 0 Å². The molecule has 2 unspecified atom stereocenters. The molecule has 0 aliphatic rings. The fourth-order valence-corrected chi connectivity index (χ4v) is 3.19. The summed E-state index contributed by atoms with van der Waals surface area (Å²) < 4.78 is 0. The molecule has 5 heteroatoms. The SMILES string of the molecule is CCC(C)CC.CCC(C)CC.CCC(C)CC.CCC(C)CC.CCC(C)CC.CCC(C)CC.CCC(C)CC.CCC(C)CC(=O)O.CCC(C)CC(=O)O.CCC(O)CC. The molecule has 0 rings (SSSR count). The van der Waals surface area contributed by atoms with Crippen LogP contribution >= 0.6 is 0 Å². The van der Waals surface area contributed by atoms with Crippen molar-refractivity contribution in [2.45, 2.75) is 321 Å². The van der Waals surface area contributed by atoms with Gasteiger partial charge in [-0.3, -0.25) is 9.59 Å². The molecule has 3 N–H and O–H groups in total. The molecule has 0 aromatic rings. The first-order valence-electron chi connectivity index (χ1n) is 27.9. The molecule has 0 saturated heterocycles. The smallest absolute Gasteiger partial charge is 0.303 e. The molecule has 0 aromatic carbocycles. The minimum absolute atomic E-state index is 0.0648. The average Bonchev–Trinajstić information content (AvgIpc) is 3.32. The molecule has 400 valence electrons. The molecule has 0 bridgehead atoms. The third-order valence-corrected chi connectivity index (χ3v) is 13.1. The van der Waals surface area contributed by atoms with E-state index in [9.17, 15) is 9.59 Å². The lowest BCUT2D eigenvalue weighted by Gasteiger charge is -2.00. The fourth-order valence-electron chi connectivity index (χ4n) is 3.19. The molecule has 64 heavy (non-hydrogen) atoms. The summed E-state index contributed by atoms with van der Waals surface area (Å²) >= 11 is 0. The minimum atomic E-state index is -0.695. The third kappa shape index (κ3) is 119. The zero-order chi connectivity index (χ0) is 53.1. The van der Waals surface area contributed by atoms with Crippen LogP contribution < -0.4 is 0 Å². The lowest BCUT2D eigenvalue weighted by molar-refractivity contribution is -0.139. The van der Waals surface area contributed by atoms with Crippen molar-refractivity contribution in [3.63, 3.8) is 0 Å². The van der Waals surface area contributed by atoms with E-state index in [0.717, 1.165) is 67.1 Å². The van der Waals surface area contributed by atoms with Crippen molar-refractivity contribution in [1.82, 2.24) is 0 Å². The lowest BCUT2D eigenvalue weighted by Crippen LogP contribution is -2.02. The van der Waals surface area contributed by atoms with Gasteiger partial charge in [0, 0.05) is 12.8 Å². The summed E-state index contributed by atoms with van der Waals surface area (Å²) in [4.78, 5) is 19.9. The fraction of sp³-hybridized carbons (Fsp3) is 0.966. The molecule has 0 amide bonds. The first-order valence-corrected chi connectivity index (χ1v) is 27.9. The van der Waals surface area contributed by atoms with E-state index in [2.05, 4.69) is 145 Å². The normalized spacial score (nSPS) is 10.8. The Labute approximate surface area is 410 Å². The van der Waals surface area contributed by atoms with Crippen LogP contribution in [0.5, 0.6) is 0 Å². The van der Waals surface area contributed by atoms with E-state index < -0.39 is 11.9 Å². The Morgan fingerprint density at radius 1 is 0.250 bits per heavy atom. The Kier molecular flexibility index (Phi) is 102. The number of hydrogen-bond acceptors (Lipinski definition) is 3. The van der Waals surface area contributed by atoms with Crippen molar-refractivity contribution < 1.29 is 24.9 Å².